The summed E-state index contributed by atoms with van der Waals surface area (Å²) in [7, 11) is 0. The number of nitrogens with zero attached hydrogens (tertiary/aromatic N) is 3. The van der Waals surface area contributed by atoms with Crippen LogP contribution in [0, 0.1) is 6.92 Å². The van der Waals surface area contributed by atoms with E-state index in [1.54, 1.807) is 0 Å². The van der Waals surface area contributed by atoms with Gasteiger partial charge >= 0.3 is 0 Å². The van der Waals surface area contributed by atoms with Crippen LogP contribution in [-0.2, 0) is 0 Å². The lowest BCUT2D eigenvalue weighted by Crippen LogP contribution is -2.52. The van der Waals surface area contributed by atoms with Crippen molar-refractivity contribution < 1.29 is 0 Å². The van der Waals surface area contributed by atoms with Crippen LogP contribution in [0.3, 0.4) is 0 Å². The monoisotopic (exact) mass is 233 g/mol. The molecule has 1 aliphatic rings. The average Bonchev–Trinajstić information content (AvgIpc) is 2.39. The Kier molecular flexibility index (Phi) is 4.00. The van der Waals surface area contributed by atoms with Gasteiger partial charge in [0.05, 0.1) is 11.9 Å². The fraction of sp³-hybridized carbons (Fsp3) is 0.643. The summed E-state index contributed by atoms with van der Waals surface area (Å²) >= 11 is 0. The molecule has 1 aromatic rings. The Hall–Kier alpha value is -1.09. The van der Waals surface area contributed by atoms with Crippen LogP contribution in [0.2, 0.25) is 0 Å². The quantitative estimate of drug-likeness (QED) is 0.798. The normalized spacial score (nSPS) is 21.8. The van der Waals surface area contributed by atoms with Crippen LogP contribution < -0.4 is 4.90 Å². The van der Waals surface area contributed by atoms with E-state index in [0.29, 0.717) is 6.04 Å². The number of pyridine rings is 1. The van der Waals surface area contributed by atoms with Crippen molar-refractivity contribution in [3.63, 3.8) is 0 Å². The topological polar surface area (TPSA) is 19.4 Å². The summed E-state index contributed by atoms with van der Waals surface area (Å²) in [6.07, 6.45) is 3.23. The van der Waals surface area contributed by atoms with Crippen molar-refractivity contribution in [3.8, 4) is 0 Å². The van der Waals surface area contributed by atoms with Crippen LogP contribution in [0.1, 0.15) is 26.0 Å². The first-order valence-electron chi connectivity index (χ1n) is 6.66. The van der Waals surface area contributed by atoms with Crippen LogP contribution in [0.15, 0.2) is 18.3 Å². The van der Waals surface area contributed by atoms with Crippen molar-refractivity contribution in [3.05, 3.63) is 24.0 Å². The number of anilines is 1. The van der Waals surface area contributed by atoms with Gasteiger partial charge in [-0.1, -0.05) is 13.8 Å². The molecule has 2 heterocycles. The van der Waals surface area contributed by atoms with Gasteiger partial charge in [-0.3, -0.25) is 9.88 Å². The van der Waals surface area contributed by atoms with E-state index in [0.717, 1.165) is 18.8 Å². The summed E-state index contributed by atoms with van der Waals surface area (Å²) in [6, 6.07) is 4.98. The van der Waals surface area contributed by atoms with Gasteiger partial charge in [0, 0.05) is 31.4 Å². The molecule has 0 saturated carbocycles. The summed E-state index contributed by atoms with van der Waals surface area (Å²) in [5.41, 5.74) is 2.36. The number of likely N-dealkylation sites (N-methyl/N-ethyl adjacent to an activating group) is 1. The molecular weight excluding hydrogens is 210 g/mol. The summed E-state index contributed by atoms with van der Waals surface area (Å²) < 4.78 is 0. The minimum absolute atomic E-state index is 0.690. The van der Waals surface area contributed by atoms with Crippen LogP contribution in [0.5, 0.6) is 0 Å². The third-order valence-electron chi connectivity index (χ3n) is 3.74. The average molecular weight is 233 g/mol. The molecule has 17 heavy (non-hydrogen) atoms. The summed E-state index contributed by atoms with van der Waals surface area (Å²) in [6.45, 7) is 11.2. The number of aromatic nitrogens is 1. The van der Waals surface area contributed by atoms with Crippen molar-refractivity contribution >= 4 is 5.69 Å². The molecule has 0 spiro atoms. The Morgan fingerprint density at radius 3 is 2.71 bits per heavy atom. The zero-order valence-corrected chi connectivity index (χ0v) is 11.2. The number of hydrogen-bond acceptors (Lipinski definition) is 3. The molecule has 0 N–H and O–H groups in total. The zero-order chi connectivity index (χ0) is 12.3. The van der Waals surface area contributed by atoms with Crippen molar-refractivity contribution in [1.82, 2.24) is 9.88 Å². The Morgan fingerprint density at radius 2 is 2.12 bits per heavy atom. The number of aryl methyl sites for hydroxylation is 1. The van der Waals surface area contributed by atoms with E-state index in [2.05, 4.69) is 40.8 Å². The van der Waals surface area contributed by atoms with Gasteiger partial charge in [-0.25, -0.2) is 0 Å². The van der Waals surface area contributed by atoms with Crippen LogP contribution >= 0.6 is 0 Å². The van der Waals surface area contributed by atoms with E-state index < -0.39 is 0 Å². The summed E-state index contributed by atoms with van der Waals surface area (Å²) in [4.78, 5) is 9.44. The van der Waals surface area contributed by atoms with Crippen LogP contribution in [0.25, 0.3) is 0 Å². The molecule has 3 nitrogen and oxygen atoms in total. The molecule has 0 amide bonds. The highest BCUT2D eigenvalue weighted by Gasteiger charge is 2.24. The molecular formula is C14H23N3. The maximum atomic E-state index is 4.39. The minimum atomic E-state index is 0.690. The van der Waals surface area contributed by atoms with Gasteiger partial charge in [0.15, 0.2) is 0 Å². The lowest BCUT2D eigenvalue weighted by Gasteiger charge is -2.41. The van der Waals surface area contributed by atoms with E-state index in [-0.39, 0.29) is 0 Å². The van der Waals surface area contributed by atoms with E-state index >= 15 is 0 Å². The van der Waals surface area contributed by atoms with E-state index in [1.807, 2.05) is 13.1 Å². The smallest absolute Gasteiger partial charge is 0.0553 e. The molecule has 1 aromatic heterocycles. The van der Waals surface area contributed by atoms with E-state index in [4.69, 9.17) is 0 Å². The molecule has 3 heteroatoms. The summed E-state index contributed by atoms with van der Waals surface area (Å²) in [5, 5.41) is 0. The van der Waals surface area contributed by atoms with E-state index in [1.165, 1.54) is 25.2 Å². The van der Waals surface area contributed by atoms with Gasteiger partial charge in [-0.2, -0.15) is 0 Å². The zero-order valence-electron chi connectivity index (χ0n) is 11.2. The number of piperazine rings is 1. The first kappa shape index (κ1) is 12.4. The maximum absolute atomic E-state index is 4.39. The molecule has 1 aliphatic heterocycles. The Labute approximate surface area is 104 Å². The van der Waals surface area contributed by atoms with Crippen molar-refractivity contribution in [2.75, 3.05) is 31.1 Å². The number of hydrogen-bond donors (Lipinski definition) is 0. The predicted octanol–water partition coefficient (Wildman–Crippen LogP) is 2.31. The van der Waals surface area contributed by atoms with Crippen molar-refractivity contribution in [2.45, 2.75) is 33.2 Å². The first-order chi connectivity index (χ1) is 8.24. The van der Waals surface area contributed by atoms with Gasteiger partial charge in [0.25, 0.3) is 0 Å². The highest BCUT2D eigenvalue weighted by molar-refractivity contribution is 5.45. The van der Waals surface area contributed by atoms with Crippen molar-refractivity contribution in [2.24, 2.45) is 0 Å². The molecule has 0 radical (unpaired) electrons. The van der Waals surface area contributed by atoms with Gasteiger partial charge in [-0.05, 0) is 32.0 Å². The second-order valence-corrected chi connectivity index (χ2v) is 4.79. The van der Waals surface area contributed by atoms with Gasteiger partial charge in [0.1, 0.15) is 0 Å². The maximum Gasteiger partial charge on any atom is 0.0553 e. The van der Waals surface area contributed by atoms with Gasteiger partial charge in [-0.15, -0.1) is 0 Å². The fourth-order valence-corrected chi connectivity index (χ4v) is 2.58. The van der Waals surface area contributed by atoms with E-state index in [9.17, 15) is 0 Å². The molecule has 94 valence electrons. The Balaban J connectivity index is 2.06. The third-order valence-corrected chi connectivity index (χ3v) is 3.74. The first-order valence-corrected chi connectivity index (χ1v) is 6.66. The molecule has 0 aromatic carbocycles. The van der Waals surface area contributed by atoms with Crippen LogP contribution in [-0.4, -0.2) is 42.1 Å². The standard InChI is InChI=1S/C14H23N3/c1-4-13-11-17(9-8-16(13)5-2)14-7-6-12(3)15-10-14/h6-7,10,13H,4-5,8-9,11H2,1-3H3/t13-/m1/s1. The molecule has 2 rings (SSSR count). The Bertz CT molecular complexity index is 347. The predicted molar refractivity (Wildman–Crippen MR) is 72.5 cm³/mol. The van der Waals surface area contributed by atoms with Crippen LogP contribution in [0.4, 0.5) is 5.69 Å². The molecule has 0 aliphatic carbocycles. The highest BCUT2D eigenvalue weighted by Crippen LogP contribution is 2.19. The molecule has 1 fully saturated rings. The van der Waals surface area contributed by atoms with Gasteiger partial charge < -0.3 is 4.90 Å². The third kappa shape index (κ3) is 2.78. The SMILES string of the molecule is CC[C@@H]1CN(c2ccc(C)nc2)CCN1CC. The van der Waals surface area contributed by atoms with Gasteiger partial charge in [0.2, 0.25) is 0 Å². The Morgan fingerprint density at radius 1 is 1.29 bits per heavy atom. The molecule has 0 unspecified atom stereocenters. The lowest BCUT2D eigenvalue weighted by molar-refractivity contribution is 0.181. The second-order valence-electron chi connectivity index (χ2n) is 4.79. The lowest BCUT2D eigenvalue weighted by atomic mass is 10.1. The number of rotatable bonds is 3. The highest BCUT2D eigenvalue weighted by atomic mass is 15.3. The minimum Gasteiger partial charge on any atom is -0.367 e. The summed E-state index contributed by atoms with van der Waals surface area (Å²) in [5.74, 6) is 0. The molecule has 1 saturated heterocycles. The second kappa shape index (κ2) is 5.50. The van der Waals surface area contributed by atoms with Crippen molar-refractivity contribution in [1.29, 1.82) is 0 Å². The molecule has 1 atom stereocenters. The largest absolute Gasteiger partial charge is 0.367 e. The molecule has 0 bridgehead atoms. The fourth-order valence-electron chi connectivity index (χ4n) is 2.58.